The van der Waals surface area contributed by atoms with Gasteiger partial charge in [0.25, 0.3) is 5.88 Å². The van der Waals surface area contributed by atoms with Crippen LogP contribution in [0.3, 0.4) is 0 Å². The topological polar surface area (TPSA) is 31.4 Å². The van der Waals surface area contributed by atoms with Gasteiger partial charge in [-0.1, -0.05) is 0 Å². The van der Waals surface area contributed by atoms with E-state index >= 15 is 0 Å². The number of ether oxygens (including phenoxy) is 2. The molecule has 0 saturated heterocycles. The zero-order valence-electron chi connectivity index (χ0n) is 7.41. The Kier molecular flexibility index (Phi) is 3.38. The predicted molar refractivity (Wildman–Crippen MR) is 46.6 cm³/mol. The molecule has 0 saturated carbocycles. The maximum Gasteiger partial charge on any atom is 0.256 e. The Bertz CT molecular complexity index is 213. The summed E-state index contributed by atoms with van der Waals surface area (Å²) in [7, 11) is 0. The third-order valence-corrected chi connectivity index (χ3v) is 1.32. The molecule has 0 unspecified atom stereocenters. The van der Waals surface area contributed by atoms with Gasteiger partial charge < -0.3 is 9.47 Å². The van der Waals surface area contributed by atoms with Crippen LogP contribution in [0.5, 0.6) is 11.6 Å². The first-order valence-electron chi connectivity index (χ1n) is 4.09. The zero-order valence-corrected chi connectivity index (χ0v) is 7.41. The fourth-order valence-electron chi connectivity index (χ4n) is 0.887. The SMILES string of the molecule is CCOc1cccnc1OCC. The van der Waals surface area contributed by atoms with Crippen LogP contribution in [-0.4, -0.2) is 18.2 Å². The molecule has 1 heterocycles. The molecule has 0 amide bonds. The lowest BCUT2D eigenvalue weighted by atomic mass is 10.4. The lowest BCUT2D eigenvalue weighted by Gasteiger charge is -2.07. The summed E-state index contributed by atoms with van der Waals surface area (Å²) in [5.74, 6) is 1.28. The lowest BCUT2D eigenvalue weighted by Crippen LogP contribution is -1.99. The van der Waals surface area contributed by atoms with E-state index in [1.165, 1.54) is 0 Å². The summed E-state index contributed by atoms with van der Waals surface area (Å²) in [6.07, 6.45) is 1.69. The molecule has 0 aliphatic heterocycles. The zero-order chi connectivity index (χ0) is 8.81. The van der Waals surface area contributed by atoms with Crippen LogP contribution >= 0.6 is 0 Å². The van der Waals surface area contributed by atoms with Gasteiger partial charge in [0.1, 0.15) is 0 Å². The molecule has 66 valence electrons. The quantitative estimate of drug-likeness (QED) is 0.686. The molecule has 12 heavy (non-hydrogen) atoms. The first-order chi connectivity index (χ1) is 5.88. The van der Waals surface area contributed by atoms with Gasteiger partial charge in [-0.3, -0.25) is 0 Å². The lowest BCUT2D eigenvalue weighted by molar-refractivity contribution is 0.278. The number of pyridine rings is 1. The van der Waals surface area contributed by atoms with Crippen molar-refractivity contribution in [1.29, 1.82) is 0 Å². The summed E-state index contributed by atoms with van der Waals surface area (Å²) in [6.45, 7) is 5.09. The van der Waals surface area contributed by atoms with Crippen LogP contribution in [0.4, 0.5) is 0 Å². The molecule has 0 aliphatic rings. The first-order valence-corrected chi connectivity index (χ1v) is 4.09. The summed E-state index contributed by atoms with van der Waals surface area (Å²) in [5.41, 5.74) is 0. The van der Waals surface area contributed by atoms with E-state index in [0.29, 0.717) is 24.8 Å². The fourth-order valence-corrected chi connectivity index (χ4v) is 0.887. The van der Waals surface area contributed by atoms with E-state index in [1.54, 1.807) is 6.20 Å². The van der Waals surface area contributed by atoms with Crippen molar-refractivity contribution in [1.82, 2.24) is 4.98 Å². The molecule has 1 aromatic rings. The molecule has 0 spiro atoms. The van der Waals surface area contributed by atoms with Crippen LogP contribution in [0, 0.1) is 0 Å². The molecule has 1 rings (SSSR count). The molecule has 3 heteroatoms. The highest BCUT2D eigenvalue weighted by Crippen LogP contribution is 2.22. The van der Waals surface area contributed by atoms with Crippen molar-refractivity contribution in [2.45, 2.75) is 13.8 Å². The van der Waals surface area contributed by atoms with E-state index in [4.69, 9.17) is 9.47 Å². The molecule has 0 radical (unpaired) electrons. The number of rotatable bonds is 4. The Hall–Kier alpha value is -1.25. The van der Waals surface area contributed by atoms with Crippen molar-refractivity contribution in [2.75, 3.05) is 13.2 Å². The van der Waals surface area contributed by atoms with Gasteiger partial charge in [0.05, 0.1) is 13.2 Å². The second-order valence-electron chi connectivity index (χ2n) is 2.17. The maximum absolute atomic E-state index is 5.30. The van der Waals surface area contributed by atoms with Gasteiger partial charge in [-0.15, -0.1) is 0 Å². The van der Waals surface area contributed by atoms with Crippen LogP contribution in [0.1, 0.15) is 13.8 Å². The van der Waals surface area contributed by atoms with Crippen molar-refractivity contribution in [3.05, 3.63) is 18.3 Å². The molecule has 0 N–H and O–H groups in total. The number of nitrogens with zero attached hydrogens (tertiary/aromatic N) is 1. The summed E-state index contributed by atoms with van der Waals surface area (Å²) in [6, 6.07) is 3.68. The highest BCUT2D eigenvalue weighted by atomic mass is 16.5. The van der Waals surface area contributed by atoms with E-state index in [2.05, 4.69) is 4.98 Å². The Morgan fingerprint density at radius 2 is 2.00 bits per heavy atom. The van der Waals surface area contributed by atoms with Gasteiger partial charge in [0.2, 0.25) is 0 Å². The van der Waals surface area contributed by atoms with Gasteiger partial charge in [0, 0.05) is 6.20 Å². The maximum atomic E-state index is 5.30. The average Bonchev–Trinajstić information content (AvgIpc) is 2.09. The molecule has 0 atom stereocenters. The average molecular weight is 167 g/mol. The smallest absolute Gasteiger partial charge is 0.256 e. The van der Waals surface area contributed by atoms with Gasteiger partial charge in [0.15, 0.2) is 5.75 Å². The third kappa shape index (κ3) is 2.12. The molecule has 0 fully saturated rings. The minimum Gasteiger partial charge on any atom is -0.488 e. The molecule has 1 aromatic heterocycles. The van der Waals surface area contributed by atoms with E-state index in [-0.39, 0.29) is 0 Å². The van der Waals surface area contributed by atoms with Crippen LogP contribution in [0.15, 0.2) is 18.3 Å². The van der Waals surface area contributed by atoms with Crippen LogP contribution in [-0.2, 0) is 0 Å². The third-order valence-electron chi connectivity index (χ3n) is 1.32. The summed E-state index contributed by atoms with van der Waals surface area (Å²) in [5, 5.41) is 0. The molecule has 3 nitrogen and oxygen atoms in total. The van der Waals surface area contributed by atoms with Crippen LogP contribution < -0.4 is 9.47 Å². The Morgan fingerprint density at radius 3 is 2.67 bits per heavy atom. The fraction of sp³-hybridized carbons (Fsp3) is 0.444. The Morgan fingerprint density at radius 1 is 1.25 bits per heavy atom. The highest BCUT2D eigenvalue weighted by Gasteiger charge is 2.02. The number of aromatic nitrogens is 1. The van der Waals surface area contributed by atoms with Crippen LogP contribution in [0.25, 0.3) is 0 Å². The second kappa shape index (κ2) is 4.59. The summed E-state index contributed by atoms with van der Waals surface area (Å²) in [4.78, 5) is 4.04. The normalized spacial score (nSPS) is 9.50. The predicted octanol–water partition coefficient (Wildman–Crippen LogP) is 1.88. The van der Waals surface area contributed by atoms with Crippen molar-refractivity contribution in [2.24, 2.45) is 0 Å². The summed E-state index contributed by atoms with van der Waals surface area (Å²) >= 11 is 0. The first kappa shape index (κ1) is 8.84. The molecule has 0 aromatic carbocycles. The van der Waals surface area contributed by atoms with E-state index < -0.39 is 0 Å². The van der Waals surface area contributed by atoms with Crippen molar-refractivity contribution in [3.63, 3.8) is 0 Å². The van der Waals surface area contributed by atoms with Crippen LogP contribution in [0.2, 0.25) is 0 Å². The molecule has 0 bridgehead atoms. The molecular weight excluding hydrogens is 154 g/mol. The Balaban J connectivity index is 2.77. The van der Waals surface area contributed by atoms with Gasteiger partial charge >= 0.3 is 0 Å². The van der Waals surface area contributed by atoms with Crippen molar-refractivity contribution >= 4 is 0 Å². The van der Waals surface area contributed by atoms with Crippen molar-refractivity contribution < 1.29 is 9.47 Å². The molecule has 0 aliphatic carbocycles. The minimum atomic E-state index is 0.571. The number of hydrogen-bond donors (Lipinski definition) is 0. The highest BCUT2D eigenvalue weighted by molar-refractivity contribution is 5.32. The minimum absolute atomic E-state index is 0.571. The van der Waals surface area contributed by atoms with E-state index in [0.717, 1.165) is 0 Å². The van der Waals surface area contributed by atoms with E-state index in [1.807, 2.05) is 26.0 Å². The summed E-state index contributed by atoms with van der Waals surface area (Å²) < 4.78 is 10.6. The largest absolute Gasteiger partial charge is 0.488 e. The monoisotopic (exact) mass is 167 g/mol. The number of hydrogen-bond acceptors (Lipinski definition) is 3. The second-order valence-corrected chi connectivity index (χ2v) is 2.17. The van der Waals surface area contributed by atoms with Gasteiger partial charge in [-0.05, 0) is 26.0 Å². The van der Waals surface area contributed by atoms with Gasteiger partial charge in [-0.2, -0.15) is 0 Å². The Labute approximate surface area is 72.3 Å². The van der Waals surface area contributed by atoms with Crippen molar-refractivity contribution in [3.8, 4) is 11.6 Å². The molecular formula is C9H13NO2. The van der Waals surface area contributed by atoms with Gasteiger partial charge in [-0.25, -0.2) is 4.98 Å². The van der Waals surface area contributed by atoms with E-state index in [9.17, 15) is 0 Å². The standard InChI is InChI=1S/C9H13NO2/c1-3-11-8-6-5-7-10-9(8)12-4-2/h5-7H,3-4H2,1-2H3.